The Morgan fingerprint density at radius 2 is 1.79 bits per heavy atom. The lowest BCUT2D eigenvalue weighted by Crippen LogP contribution is -2.34. The van der Waals surface area contributed by atoms with E-state index in [1.165, 1.54) is 0 Å². The first kappa shape index (κ1) is 16.7. The van der Waals surface area contributed by atoms with Crippen LogP contribution in [0.15, 0.2) is 48.5 Å². The van der Waals surface area contributed by atoms with Crippen molar-refractivity contribution in [3.63, 3.8) is 0 Å². The molecule has 0 bridgehead atoms. The van der Waals surface area contributed by atoms with E-state index >= 15 is 0 Å². The van der Waals surface area contributed by atoms with E-state index in [1.807, 2.05) is 29.2 Å². The zero-order valence-electron chi connectivity index (χ0n) is 13.6. The van der Waals surface area contributed by atoms with Gasteiger partial charge in [-0.2, -0.15) is 0 Å². The van der Waals surface area contributed by atoms with Crippen LogP contribution < -0.4 is 9.47 Å². The summed E-state index contributed by atoms with van der Waals surface area (Å²) in [6.45, 7) is 0.799. The molecule has 4 nitrogen and oxygen atoms in total. The predicted molar refractivity (Wildman–Crippen MR) is 93.6 cm³/mol. The second-order valence-corrected chi connectivity index (χ2v) is 6.20. The lowest BCUT2D eigenvalue weighted by Gasteiger charge is -2.25. The van der Waals surface area contributed by atoms with E-state index in [4.69, 9.17) is 21.1 Å². The van der Waals surface area contributed by atoms with E-state index in [2.05, 4.69) is 0 Å². The van der Waals surface area contributed by atoms with Crippen LogP contribution in [-0.2, 0) is 4.79 Å². The molecule has 1 heterocycles. The molecule has 1 aliphatic heterocycles. The van der Waals surface area contributed by atoms with Gasteiger partial charge in [0.25, 0.3) is 5.91 Å². The molecule has 2 aromatic carbocycles. The molecule has 0 saturated carbocycles. The van der Waals surface area contributed by atoms with Gasteiger partial charge >= 0.3 is 0 Å². The summed E-state index contributed by atoms with van der Waals surface area (Å²) in [5, 5.41) is 0.646. The second kappa shape index (κ2) is 7.58. The number of amides is 1. The van der Waals surface area contributed by atoms with Crippen molar-refractivity contribution in [1.82, 2.24) is 4.90 Å². The van der Waals surface area contributed by atoms with E-state index in [9.17, 15) is 4.79 Å². The number of rotatable bonds is 5. The highest BCUT2D eigenvalue weighted by Crippen LogP contribution is 2.32. The first-order valence-electron chi connectivity index (χ1n) is 7.99. The molecule has 5 heteroatoms. The Bertz CT molecular complexity index is 685. The van der Waals surface area contributed by atoms with Gasteiger partial charge in [-0.15, -0.1) is 0 Å². The number of carbonyl (C=O) groups excluding carboxylic acids is 1. The maximum Gasteiger partial charge on any atom is 0.261 e. The van der Waals surface area contributed by atoms with Gasteiger partial charge < -0.3 is 14.4 Å². The number of benzene rings is 2. The molecule has 1 fully saturated rings. The van der Waals surface area contributed by atoms with Gasteiger partial charge in [0.2, 0.25) is 0 Å². The van der Waals surface area contributed by atoms with Gasteiger partial charge in [-0.25, -0.2) is 0 Å². The van der Waals surface area contributed by atoms with Crippen LogP contribution in [0.1, 0.15) is 24.4 Å². The van der Waals surface area contributed by atoms with Crippen molar-refractivity contribution in [2.75, 3.05) is 20.3 Å². The molecule has 1 amide bonds. The van der Waals surface area contributed by atoms with Crippen molar-refractivity contribution in [3.05, 3.63) is 59.1 Å². The van der Waals surface area contributed by atoms with Crippen molar-refractivity contribution in [2.45, 2.75) is 18.9 Å². The first-order valence-corrected chi connectivity index (χ1v) is 8.37. The van der Waals surface area contributed by atoms with E-state index in [-0.39, 0.29) is 18.6 Å². The van der Waals surface area contributed by atoms with E-state index < -0.39 is 0 Å². The van der Waals surface area contributed by atoms with Gasteiger partial charge in [-0.1, -0.05) is 23.7 Å². The fraction of sp³-hybridized carbons (Fsp3) is 0.316. The topological polar surface area (TPSA) is 38.8 Å². The Labute approximate surface area is 146 Å². The smallest absolute Gasteiger partial charge is 0.261 e. The number of halogens is 1. The largest absolute Gasteiger partial charge is 0.497 e. The Hall–Kier alpha value is -2.20. The summed E-state index contributed by atoms with van der Waals surface area (Å²) in [4.78, 5) is 14.4. The van der Waals surface area contributed by atoms with E-state index in [1.54, 1.807) is 31.4 Å². The molecular weight excluding hydrogens is 326 g/mol. The molecule has 0 spiro atoms. The molecule has 3 rings (SSSR count). The van der Waals surface area contributed by atoms with Gasteiger partial charge in [0.1, 0.15) is 11.5 Å². The Morgan fingerprint density at radius 1 is 1.12 bits per heavy atom. The van der Waals surface area contributed by atoms with Gasteiger partial charge in [0.15, 0.2) is 6.61 Å². The van der Waals surface area contributed by atoms with Gasteiger partial charge in [0.05, 0.1) is 13.2 Å². The summed E-state index contributed by atoms with van der Waals surface area (Å²) in [5.41, 5.74) is 1.13. The monoisotopic (exact) mass is 345 g/mol. The van der Waals surface area contributed by atoms with Gasteiger partial charge in [0, 0.05) is 11.6 Å². The van der Waals surface area contributed by atoms with Crippen LogP contribution in [0.25, 0.3) is 0 Å². The minimum Gasteiger partial charge on any atom is -0.497 e. The number of methoxy groups -OCH3 is 1. The lowest BCUT2D eigenvalue weighted by atomic mass is 10.0. The summed E-state index contributed by atoms with van der Waals surface area (Å²) < 4.78 is 10.8. The molecule has 1 atom stereocenters. The third-order valence-corrected chi connectivity index (χ3v) is 4.50. The zero-order valence-corrected chi connectivity index (χ0v) is 14.3. The Balaban J connectivity index is 1.63. The molecule has 0 unspecified atom stereocenters. The average molecular weight is 346 g/mol. The predicted octanol–water partition coefficient (Wildman–Crippen LogP) is 4.09. The first-order chi connectivity index (χ1) is 11.7. The number of likely N-dealkylation sites (tertiary alicyclic amines) is 1. The van der Waals surface area contributed by atoms with Gasteiger partial charge in [-0.3, -0.25) is 4.79 Å². The van der Waals surface area contributed by atoms with Crippen molar-refractivity contribution < 1.29 is 14.3 Å². The van der Waals surface area contributed by atoms with Crippen molar-refractivity contribution in [3.8, 4) is 11.5 Å². The van der Waals surface area contributed by atoms with Crippen LogP contribution in [0.3, 0.4) is 0 Å². The molecular formula is C19H20ClNO3. The molecule has 0 radical (unpaired) electrons. The molecule has 0 N–H and O–H groups in total. The summed E-state index contributed by atoms with van der Waals surface area (Å²) in [6.07, 6.45) is 1.97. The second-order valence-electron chi connectivity index (χ2n) is 5.76. The number of nitrogens with zero attached hydrogens (tertiary/aromatic N) is 1. The van der Waals surface area contributed by atoms with Crippen LogP contribution in [-0.4, -0.2) is 31.1 Å². The third kappa shape index (κ3) is 3.82. The third-order valence-electron chi connectivity index (χ3n) is 4.25. The summed E-state index contributed by atoms with van der Waals surface area (Å²) >= 11 is 5.85. The Kier molecular flexibility index (Phi) is 5.26. The van der Waals surface area contributed by atoms with Crippen LogP contribution in [0.2, 0.25) is 5.02 Å². The lowest BCUT2D eigenvalue weighted by molar-refractivity contribution is -0.134. The maximum atomic E-state index is 12.5. The molecule has 24 heavy (non-hydrogen) atoms. The normalized spacial score (nSPS) is 16.9. The highest BCUT2D eigenvalue weighted by Gasteiger charge is 2.30. The number of hydrogen-bond acceptors (Lipinski definition) is 3. The fourth-order valence-corrected chi connectivity index (χ4v) is 3.12. The van der Waals surface area contributed by atoms with Crippen LogP contribution >= 0.6 is 11.6 Å². The summed E-state index contributed by atoms with van der Waals surface area (Å²) in [7, 11) is 1.65. The molecule has 2 aromatic rings. The maximum absolute atomic E-state index is 12.5. The number of hydrogen-bond donors (Lipinski definition) is 0. The standard InChI is InChI=1S/C19H20ClNO3/c1-23-16-8-4-14(5-9-16)18-3-2-12-21(18)19(22)13-24-17-10-6-15(20)7-11-17/h4-11,18H,2-3,12-13H2,1H3/t18-/m0/s1. The highest BCUT2D eigenvalue weighted by atomic mass is 35.5. The van der Waals surface area contributed by atoms with Crippen LogP contribution in [0, 0.1) is 0 Å². The van der Waals surface area contributed by atoms with Crippen LogP contribution in [0.4, 0.5) is 0 Å². The fourth-order valence-electron chi connectivity index (χ4n) is 3.00. The van der Waals surface area contributed by atoms with Gasteiger partial charge in [-0.05, 0) is 54.8 Å². The molecule has 1 saturated heterocycles. The molecule has 1 aliphatic rings. The quantitative estimate of drug-likeness (QED) is 0.819. The minimum absolute atomic E-state index is 0.00303. The van der Waals surface area contributed by atoms with Crippen molar-refractivity contribution in [2.24, 2.45) is 0 Å². The van der Waals surface area contributed by atoms with E-state index in [0.29, 0.717) is 10.8 Å². The SMILES string of the molecule is COc1ccc([C@@H]2CCCN2C(=O)COc2ccc(Cl)cc2)cc1. The average Bonchev–Trinajstić information content (AvgIpc) is 3.11. The number of carbonyl (C=O) groups is 1. The highest BCUT2D eigenvalue weighted by molar-refractivity contribution is 6.30. The molecule has 0 aromatic heterocycles. The van der Waals surface area contributed by atoms with Crippen LogP contribution in [0.5, 0.6) is 11.5 Å². The minimum atomic E-state index is 0.00303. The summed E-state index contributed by atoms with van der Waals surface area (Å²) in [6, 6.07) is 15.0. The molecule has 0 aliphatic carbocycles. The van der Waals surface area contributed by atoms with Crippen molar-refractivity contribution in [1.29, 1.82) is 0 Å². The zero-order chi connectivity index (χ0) is 16.9. The molecule has 126 valence electrons. The van der Waals surface area contributed by atoms with Crippen molar-refractivity contribution >= 4 is 17.5 Å². The summed E-state index contributed by atoms with van der Waals surface area (Å²) in [5.74, 6) is 1.47. The Morgan fingerprint density at radius 3 is 2.46 bits per heavy atom. The van der Waals surface area contributed by atoms with E-state index in [0.717, 1.165) is 30.7 Å². The number of ether oxygens (including phenoxy) is 2.